The number of hydrogen-bond donors (Lipinski definition) is 0. The number of methoxy groups -OCH3 is 1. The number of hydrogen-bond acceptors (Lipinski definition) is 4. The molecule has 1 aromatic heterocycles. The predicted octanol–water partition coefficient (Wildman–Crippen LogP) is 5.77. The van der Waals surface area contributed by atoms with Crippen LogP contribution in [0.3, 0.4) is 0 Å². The molecule has 1 aliphatic carbocycles. The molecule has 1 saturated carbocycles. The first-order valence-corrected chi connectivity index (χ1v) is 11.4. The van der Waals surface area contributed by atoms with Crippen molar-refractivity contribution in [1.29, 1.82) is 0 Å². The average Bonchev–Trinajstić information content (AvgIpc) is 3.45. The van der Waals surface area contributed by atoms with Gasteiger partial charge in [-0.25, -0.2) is 9.37 Å². The zero-order valence-corrected chi connectivity index (χ0v) is 18.7. The molecular formula is C23H25ClFN3OS. The van der Waals surface area contributed by atoms with E-state index in [1.54, 1.807) is 24.9 Å². The van der Waals surface area contributed by atoms with Crippen LogP contribution in [0.4, 0.5) is 4.39 Å². The van der Waals surface area contributed by atoms with Gasteiger partial charge in [0, 0.05) is 41.2 Å². The van der Waals surface area contributed by atoms with Crippen LogP contribution in [0.25, 0.3) is 16.9 Å². The minimum absolute atomic E-state index is 0.332. The molecule has 1 fully saturated rings. The molecule has 1 heterocycles. The molecule has 1 aliphatic rings. The second-order valence-corrected chi connectivity index (χ2v) is 9.14. The summed E-state index contributed by atoms with van der Waals surface area (Å²) in [5.41, 5.74) is 2.59. The summed E-state index contributed by atoms with van der Waals surface area (Å²) >= 11 is 7.82. The van der Waals surface area contributed by atoms with Crippen LogP contribution in [0.15, 0.2) is 53.8 Å². The Hall–Kier alpha value is -2.02. The summed E-state index contributed by atoms with van der Waals surface area (Å²) in [5.74, 6) is 1.97. The van der Waals surface area contributed by atoms with Gasteiger partial charge in [0.1, 0.15) is 11.6 Å². The van der Waals surface area contributed by atoms with Crippen molar-refractivity contribution < 1.29 is 9.13 Å². The lowest BCUT2D eigenvalue weighted by Gasteiger charge is -2.17. The van der Waals surface area contributed by atoms with E-state index in [4.69, 9.17) is 16.3 Å². The third kappa shape index (κ3) is 4.99. The Kier molecular flexibility index (Phi) is 6.66. The fourth-order valence-electron chi connectivity index (χ4n) is 3.47. The van der Waals surface area contributed by atoms with E-state index in [1.807, 2.05) is 30.5 Å². The topological polar surface area (TPSA) is 30.3 Å². The van der Waals surface area contributed by atoms with Crippen molar-refractivity contribution in [2.75, 3.05) is 33.0 Å². The highest BCUT2D eigenvalue weighted by molar-refractivity contribution is 7.99. The van der Waals surface area contributed by atoms with Crippen molar-refractivity contribution >= 4 is 23.4 Å². The zero-order chi connectivity index (χ0) is 21.1. The van der Waals surface area contributed by atoms with Crippen LogP contribution in [0, 0.1) is 11.7 Å². The van der Waals surface area contributed by atoms with Crippen LogP contribution in [0.2, 0.25) is 5.02 Å². The summed E-state index contributed by atoms with van der Waals surface area (Å²) < 4.78 is 21.3. The standard InChI is InChI=1S/C23H25ClFN3OS/c1-27(15-16-3-4-16)11-12-30-23-26-14-21(20-10-7-18(25)13-22(20)29-2)28(23)19-8-5-17(24)6-9-19/h5-10,13-14,16H,3-4,11-12,15H2,1-2H3. The van der Waals surface area contributed by atoms with Crippen molar-refractivity contribution in [2.45, 2.75) is 18.0 Å². The fourth-order valence-corrected chi connectivity index (χ4v) is 4.64. The molecule has 4 rings (SSSR count). The molecule has 0 bridgehead atoms. The van der Waals surface area contributed by atoms with Gasteiger partial charge >= 0.3 is 0 Å². The Morgan fingerprint density at radius 2 is 2.00 bits per heavy atom. The molecule has 0 saturated heterocycles. The third-order valence-corrected chi connectivity index (χ3v) is 6.41. The van der Waals surface area contributed by atoms with Crippen molar-refractivity contribution in [3.63, 3.8) is 0 Å². The normalized spacial score (nSPS) is 13.8. The van der Waals surface area contributed by atoms with E-state index in [1.165, 1.54) is 31.5 Å². The Morgan fingerprint density at radius 3 is 2.70 bits per heavy atom. The van der Waals surface area contributed by atoms with E-state index in [9.17, 15) is 4.39 Å². The van der Waals surface area contributed by atoms with Crippen LogP contribution in [-0.2, 0) is 0 Å². The molecule has 2 aromatic carbocycles. The van der Waals surface area contributed by atoms with E-state index in [0.717, 1.165) is 40.3 Å². The minimum Gasteiger partial charge on any atom is -0.496 e. The van der Waals surface area contributed by atoms with Crippen molar-refractivity contribution in [3.8, 4) is 22.7 Å². The van der Waals surface area contributed by atoms with Crippen molar-refractivity contribution in [1.82, 2.24) is 14.5 Å². The summed E-state index contributed by atoms with van der Waals surface area (Å²) in [6.07, 6.45) is 4.54. The summed E-state index contributed by atoms with van der Waals surface area (Å²) in [7, 11) is 3.73. The molecule has 0 N–H and O–H groups in total. The number of nitrogens with zero attached hydrogens (tertiary/aromatic N) is 3. The molecule has 0 spiro atoms. The maximum Gasteiger partial charge on any atom is 0.173 e. The Bertz CT molecular complexity index is 1000. The van der Waals surface area contributed by atoms with E-state index < -0.39 is 0 Å². The average molecular weight is 446 g/mol. The number of imidazole rings is 1. The zero-order valence-electron chi connectivity index (χ0n) is 17.1. The van der Waals surface area contributed by atoms with E-state index in [-0.39, 0.29) is 5.82 Å². The maximum absolute atomic E-state index is 13.7. The van der Waals surface area contributed by atoms with Crippen LogP contribution < -0.4 is 4.74 Å². The van der Waals surface area contributed by atoms with Gasteiger partial charge in [-0.2, -0.15) is 0 Å². The molecular weight excluding hydrogens is 421 g/mol. The Balaban J connectivity index is 1.64. The van der Waals surface area contributed by atoms with Gasteiger partial charge in [-0.15, -0.1) is 0 Å². The second-order valence-electron chi connectivity index (χ2n) is 7.64. The van der Waals surface area contributed by atoms with Crippen LogP contribution in [0.1, 0.15) is 12.8 Å². The molecule has 0 aliphatic heterocycles. The summed E-state index contributed by atoms with van der Waals surface area (Å²) in [6, 6.07) is 12.2. The molecule has 0 amide bonds. The lowest BCUT2D eigenvalue weighted by atomic mass is 10.1. The monoisotopic (exact) mass is 445 g/mol. The van der Waals surface area contributed by atoms with Gasteiger partial charge in [-0.3, -0.25) is 4.57 Å². The lowest BCUT2D eigenvalue weighted by Crippen LogP contribution is -2.23. The number of aromatic nitrogens is 2. The Morgan fingerprint density at radius 1 is 1.23 bits per heavy atom. The van der Waals surface area contributed by atoms with E-state index >= 15 is 0 Å². The van der Waals surface area contributed by atoms with Gasteiger partial charge < -0.3 is 9.64 Å². The minimum atomic E-state index is -0.332. The lowest BCUT2D eigenvalue weighted by molar-refractivity contribution is 0.340. The number of benzene rings is 2. The molecule has 0 radical (unpaired) electrons. The molecule has 158 valence electrons. The van der Waals surface area contributed by atoms with Gasteiger partial charge in [-0.1, -0.05) is 23.4 Å². The van der Waals surface area contributed by atoms with Crippen molar-refractivity contribution in [2.24, 2.45) is 5.92 Å². The molecule has 0 atom stereocenters. The first kappa shape index (κ1) is 21.2. The van der Waals surface area contributed by atoms with Gasteiger partial charge in [0.05, 0.1) is 19.0 Å². The number of ether oxygens (including phenoxy) is 1. The number of thioether (sulfide) groups is 1. The van der Waals surface area contributed by atoms with E-state index in [2.05, 4.69) is 21.5 Å². The summed E-state index contributed by atoms with van der Waals surface area (Å²) in [6.45, 7) is 2.17. The summed E-state index contributed by atoms with van der Waals surface area (Å²) in [5, 5.41) is 1.56. The van der Waals surface area contributed by atoms with E-state index in [0.29, 0.717) is 10.8 Å². The first-order valence-electron chi connectivity index (χ1n) is 10.0. The SMILES string of the molecule is COc1cc(F)ccc1-c1cnc(SCCN(C)CC2CC2)n1-c1ccc(Cl)cc1. The predicted molar refractivity (Wildman–Crippen MR) is 121 cm³/mol. The first-order chi connectivity index (χ1) is 14.5. The number of halogens is 2. The van der Waals surface area contributed by atoms with Crippen LogP contribution in [0.5, 0.6) is 5.75 Å². The third-order valence-electron chi connectivity index (χ3n) is 5.22. The largest absolute Gasteiger partial charge is 0.496 e. The smallest absolute Gasteiger partial charge is 0.173 e. The molecule has 0 unspecified atom stereocenters. The van der Waals surface area contributed by atoms with Gasteiger partial charge in [0.2, 0.25) is 0 Å². The molecule has 7 heteroatoms. The van der Waals surface area contributed by atoms with Gasteiger partial charge in [0.25, 0.3) is 0 Å². The van der Waals surface area contributed by atoms with Crippen molar-refractivity contribution in [3.05, 3.63) is 59.5 Å². The second kappa shape index (κ2) is 9.41. The quantitative estimate of drug-likeness (QED) is 0.391. The van der Waals surface area contributed by atoms with Crippen LogP contribution >= 0.6 is 23.4 Å². The van der Waals surface area contributed by atoms with Gasteiger partial charge in [-0.05, 0) is 62.2 Å². The number of rotatable bonds is 9. The molecule has 4 nitrogen and oxygen atoms in total. The maximum atomic E-state index is 13.7. The highest BCUT2D eigenvalue weighted by atomic mass is 35.5. The molecule has 30 heavy (non-hydrogen) atoms. The van der Waals surface area contributed by atoms with Gasteiger partial charge in [0.15, 0.2) is 5.16 Å². The highest BCUT2D eigenvalue weighted by Gasteiger charge is 2.23. The summed E-state index contributed by atoms with van der Waals surface area (Å²) in [4.78, 5) is 7.08. The van der Waals surface area contributed by atoms with Crippen LogP contribution in [-0.4, -0.2) is 47.5 Å². The fraction of sp³-hybridized carbons (Fsp3) is 0.348. The molecule has 3 aromatic rings. The highest BCUT2D eigenvalue weighted by Crippen LogP contribution is 2.36. The Labute approximate surface area is 186 Å².